The first-order valence-electron chi connectivity index (χ1n) is 7.25. The lowest BCUT2D eigenvalue weighted by molar-refractivity contribution is -0.137. The fourth-order valence-electron chi connectivity index (χ4n) is 1.88. The maximum absolute atomic E-state index is 12.9. The van der Waals surface area contributed by atoms with Crippen LogP contribution >= 0.6 is 11.3 Å². The fourth-order valence-corrected chi connectivity index (χ4v) is 2.50. The standard InChI is InChI=1S/C17H16F3NO3S/c1-23-8-9-24-15-6-4-12(17(18,19)20)11-14(15)21-16(22)7-5-13-3-2-10-25-13/h2-7,10-11H,8-9H2,1H3,(H,21,22). The van der Waals surface area contributed by atoms with Crippen LogP contribution in [-0.2, 0) is 15.7 Å². The molecule has 2 aromatic rings. The minimum Gasteiger partial charge on any atom is -0.489 e. The molecule has 1 aromatic heterocycles. The summed E-state index contributed by atoms with van der Waals surface area (Å²) in [5, 5.41) is 4.28. The monoisotopic (exact) mass is 371 g/mol. The topological polar surface area (TPSA) is 47.6 Å². The normalized spacial score (nSPS) is 11.7. The maximum atomic E-state index is 12.9. The number of methoxy groups -OCH3 is 1. The first-order chi connectivity index (χ1) is 11.9. The molecule has 25 heavy (non-hydrogen) atoms. The van der Waals surface area contributed by atoms with Gasteiger partial charge in [-0.15, -0.1) is 11.3 Å². The molecule has 0 bridgehead atoms. The number of ether oxygens (including phenoxy) is 2. The molecule has 8 heteroatoms. The summed E-state index contributed by atoms with van der Waals surface area (Å²) in [5.74, 6) is -0.410. The average Bonchev–Trinajstić information content (AvgIpc) is 3.07. The molecule has 4 nitrogen and oxygen atoms in total. The van der Waals surface area contributed by atoms with Crippen LogP contribution in [-0.4, -0.2) is 26.2 Å². The molecular weight excluding hydrogens is 355 g/mol. The van der Waals surface area contributed by atoms with E-state index < -0.39 is 17.6 Å². The Labute approximate surface area is 146 Å². The van der Waals surface area contributed by atoms with Crippen LogP contribution in [0.4, 0.5) is 18.9 Å². The fraction of sp³-hybridized carbons (Fsp3) is 0.235. The number of halogens is 3. The number of rotatable bonds is 7. The smallest absolute Gasteiger partial charge is 0.416 e. The van der Waals surface area contributed by atoms with Gasteiger partial charge in [-0.25, -0.2) is 0 Å². The van der Waals surface area contributed by atoms with Crippen molar-refractivity contribution < 1.29 is 27.4 Å². The molecule has 0 aliphatic heterocycles. The van der Waals surface area contributed by atoms with Gasteiger partial charge in [0.25, 0.3) is 0 Å². The second-order valence-electron chi connectivity index (χ2n) is 4.89. The van der Waals surface area contributed by atoms with Crippen LogP contribution in [0.25, 0.3) is 6.08 Å². The largest absolute Gasteiger partial charge is 0.489 e. The quantitative estimate of drug-likeness (QED) is 0.578. The number of hydrogen-bond acceptors (Lipinski definition) is 4. The summed E-state index contributed by atoms with van der Waals surface area (Å²) in [6.45, 7) is 0.419. The highest BCUT2D eigenvalue weighted by molar-refractivity contribution is 7.10. The summed E-state index contributed by atoms with van der Waals surface area (Å²) < 4.78 is 48.9. The van der Waals surface area contributed by atoms with E-state index in [1.165, 1.54) is 30.6 Å². The van der Waals surface area contributed by atoms with Crippen molar-refractivity contribution in [1.29, 1.82) is 0 Å². The molecule has 1 heterocycles. The van der Waals surface area contributed by atoms with E-state index in [1.807, 2.05) is 17.5 Å². The van der Waals surface area contributed by atoms with E-state index in [0.29, 0.717) is 0 Å². The number of nitrogens with one attached hydrogen (secondary N) is 1. The molecule has 2 rings (SSSR count). The van der Waals surface area contributed by atoms with E-state index in [0.717, 1.165) is 17.0 Å². The van der Waals surface area contributed by atoms with Gasteiger partial charge in [0.1, 0.15) is 12.4 Å². The summed E-state index contributed by atoms with van der Waals surface area (Å²) >= 11 is 1.44. The van der Waals surface area contributed by atoms with Gasteiger partial charge in [0.2, 0.25) is 5.91 Å². The average molecular weight is 371 g/mol. The van der Waals surface area contributed by atoms with Gasteiger partial charge in [-0.2, -0.15) is 13.2 Å². The number of amides is 1. The Kier molecular flexibility index (Phi) is 6.60. The van der Waals surface area contributed by atoms with Crippen LogP contribution in [0.1, 0.15) is 10.4 Å². The third kappa shape index (κ3) is 5.91. The van der Waals surface area contributed by atoms with Crippen molar-refractivity contribution in [3.63, 3.8) is 0 Å². The van der Waals surface area contributed by atoms with Crippen LogP contribution in [0.3, 0.4) is 0 Å². The summed E-state index contributed by atoms with van der Waals surface area (Å²) in [5.41, 5.74) is -0.920. The van der Waals surface area contributed by atoms with Gasteiger partial charge in [-0.05, 0) is 35.7 Å². The SMILES string of the molecule is COCCOc1ccc(C(F)(F)F)cc1NC(=O)C=Cc1cccs1. The number of carbonyl (C=O) groups is 1. The highest BCUT2D eigenvalue weighted by Crippen LogP contribution is 2.35. The predicted molar refractivity (Wildman–Crippen MR) is 90.8 cm³/mol. The Morgan fingerprint density at radius 3 is 2.72 bits per heavy atom. The van der Waals surface area contributed by atoms with E-state index in [9.17, 15) is 18.0 Å². The number of hydrogen-bond donors (Lipinski definition) is 1. The number of thiophene rings is 1. The van der Waals surface area contributed by atoms with Crippen LogP contribution in [0.2, 0.25) is 0 Å². The summed E-state index contributed by atoms with van der Waals surface area (Å²) in [6.07, 6.45) is -1.68. The van der Waals surface area contributed by atoms with Gasteiger partial charge in [-0.1, -0.05) is 6.07 Å². The molecule has 0 spiro atoms. The predicted octanol–water partition coefficient (Wildman–Crippen LogP) is 4.44. The third-order valence-electron chi connectivity index (χ3n) is 3.05. The number of alkyl halides is 3. The Morgan fingerprint density at radius 2 is 2.08 bits per heavy atom. The van der Waals surface area contributed by atoms with Crippen LogP contribution in [0.5, 0.6) is 5.75 Å². The first-order valence-corrected chi connectivity index (χ1v) is 8.13. The molecule has 0 unspecified atom stereocenters. The number of anilines is 1. The molecule has 0 aliphatic carbocycles. The van der Waals surface area contributed by atoms with Gasteiger partial charge in [-0.3, -0.25) is 4.79 Å². The van der Waals surface area contributed by atoms with Gasteiger partial charge in [0.15, 0.2) is 0 Å². The summed E-state index contributed by atoms with van der Waals surface area (Å²) in [7, 11) is 1.48. The van der Waals surface area contributed by atoms with Gasteiger partial charge in [0, 0.05) is 18.1 Å². The molecule has 0 saturated heterocycles. The van der Waals surface area contributed by atoms with Crippen molar-refractivity contribution in [3.8, 4) is 5.75 Å². The lowest BCUT2D eigenvalue weighted by atomic mass is 10.1. The molecule has 1 amide bonds. The molecule has 0 radical (unpaired) electrons. The van der Waals surface area contributed by atoms with Crippen molar-refractivity contribution in [2.24, 2.45) is 0 Å². The highest BCUT2D eigenvalue weighted by Gasteiger charge is 2.31. The van der Waals surface area contributed by atoms with Crippen LogP contribution in [0, 0.1) is 0 Å². The minimum atomic E-state index is -4.52. The van der Waals surface area contributed by atoms with Gasteiger partial charge >= 0.3 is 6.18 Å². The lowest BCUT2D eigenvalue weighted by Crippen LogP contribution is -2.13. The third-order valence-corrected chi connectivity index (χ3v) is 3.89. The van der Waals surface area contributed by atoms with E-state index in [2.05, 4.69) is 5.32 Å². The molecule has 1 N–H and O–H groups in total. The van der Waals surface area contributed by atoms with Crippen LogP contribution in [0.15, 0.2) is 41.8 Å². The molecular formula is C17H16F3NO3S. The second kappa shape index (κ2) is 8.68. The number of benzene rings is 1. The van der Waals surface area contributed by atoms with Crippen molar-refractivity contribution in [1.82, 2.24) is 0 Å². The van der Waals surface area contributed by atoms with Gasteiger partial charge < -0.3 is 14.8 Å². The maximum Gasteiger partial charge on any atom is 0.416 e. The highest BCUT2D eigenvalue weighted by atomic mass is 32.1. The van der Waals surface area contributed by atoms with Crippen molar-refractivity contribution >= 4 is 29.0 Å². The number of carbonyl (C=O) groups excluding carboxylic acids is 1. The molecule has 0 fully saturated rings. The zero-order valence-corrected chi connectivity index (χ0v) is 14.1. The molecule has 0 saturated carbocycles. The summed E-state index contributed by atoms with van der Waals surface area (Å²) in [6, 6.07) is 6.57. The Balaban J connectivity index is 2.17. The van der Waals surface area contributed by atoms with Crippen molar-refractivity contribution in [3.05, 3.63) is 52.2 Å². The second-order valence-corrected chi connectivity index (χ2v) is 5.87. The van der Waals surface area contributed by atoms with Crippen molar-refractivity contribution in [2.75, 3.05) is 25.6 Å². The Hall–Kier alpha value is -2.32. The zero-order valence-electron chi connectivity index (χ0n) is 13.3. The van der Waals surface area contributed by atoms with Crippen LogP contribution < -0.4 is 10.1 Å². The minimum absolute atomic E-state index is 0.0493. The van der Waals surface area contributed by atoms with E-state index in [4.69, 9.17) is 9.47 Å². The molecule has 0 atom stereocenters. The van der Waals surface area contributed by atoms with E-state index in [1.54, 1.807) is 6.08 Å². The first kappa shape index (κ1) is 19.0. The van der Waals surface area contributed by atoms with Crippen molar-refractivity contribution in [2.45, 2.75) is 6.18 Å². The van der Waals surface area contributed by atoms with Gasteiger partial charge in [0.05, 0.1) is 17.9 Å². The summed E-state index contributed by atoms with van der Waals surface area (Å²) in [4.78, 5) is 12.9. The van der Waals surface area contributed by atoms with E-state index in [-0.39, 0.29) is 24.7 Å². The zero-order chi connectivity index (χ0) is 18.3. The van der Waals surface area contributed by atoms with E-state index >= 15 is 0 Å². The Bertz CT molecular complexity index is 727. The Morgan fingerprint density at radius 1 is 1.28 bits per heavy atom. The molecule has 1 aromatic carbocycles. The lowest BCUT2D eigenvalue weighted by Gasteiger charge is -2.14. The molecule has 0 aliphatic rings. The molecule has 134 valence electrons.